The van der Waals surface area contributed by atoms with Gasteiger partial charge in [-0.15, -0.1) is 12.4 Å². The summed E-state index contributed by atoms with van der Waals surface area (Å²) in [6, 6.07) is 17.2. The van der Waals surface area contributed by atoms with Gasteiger partial charge in [0.15, 0.2) is 0 Å². The van der Waals surface area contributed by atoms with Crippen LogP contribution in [0, 0.1) is 0 Å². The first-order chi connectivity index (χ1) is 14.6. The molecule has 2 aromatic carbocycles. The second-order valence-corrected chi connectivity index (χ2v) is 8.09. The van der Waals surface area contributed by atoms with E-state index in [1.165, 1.54) is 39.3 Å². The number of carbonyl (C=O) groups excluding carboxylic acids is 2. The summed E-state index contributed by atoms with van der Waals surface area (Å²) in [6.45, 7) is 5.08. The number of halogens is 1. The van der Waals surface area contributed by atoms with Crippen molar-refractivity contribution in [2.75, 3.05) is 25.0 Å². The normalized spacial score (nSPS) is 14.9. The Balaban J connectivity index is 0.00000341. The third kappa shape index (κ3) is 8.35. The van der Waals surface area contributed by atoms with E-state index in [4.69, 9.17) is 0 Å². The predicted molar refractivity (Wildman–Crippen MR) is 129 cm³/mol. The molecule has 1 fully saturated rings. The highest BCUT2D eigenvalue weighted by Gasteiger charge is 2.16. The van der Waals surface area contributed by atoms with Gasteiger partial charge in [0, 0.05) is 18.2 Å². The minimum Gasteiger partial charge on any atom is -0.345 e. The third-order valence-electron chi connectivity index (χ3n) is 5.64. The van der Waals surface area contributed by atoms with Crippen LogP contribution in [0.25, 0.3) is 0 Å². The van der Waals surface area contributed by atoms with Gasteiger partial charge in [0.2, 0.25) is 5.91 Å². The smallest absolute Gasteiger partial charge is 0.251 e. The van der Waals surface area contributed by atoms with Crippen molar-refractivity contribution in [2.45, 2.75) is 51.5 Å². The predicted octanol–water partition coefficient (Wildman–Crippen LogP) is 5.19. The maximum Gasteiger partial charge on any atom is 0.251 e. The minimum atomic E-state index is -0.124. The average molecular weight is 444 g/mol. The summed E-state index contributed by atoms with van der Waals surface area (Å²) >= 11 is 0. The molecule has 0 bridgehead atoms. The fourth-order valence-corrected chi connectivity index (χ4v) is 4.02. The fourth-order valence-electron chi connectivity index (χ4n) is 4.02. The second-order valence-electron chi connectivity index (χ2n) is 8.09. The van der Waals surface area contributed by atoms with Crippen LogP contribution in [0.5, 0.6) is 0 Å². The zero-order valence-electron chi connectivity index (χ0n) is 18.3. The lowest BCUT2D eigenvalue weighted by Crippen LogP contribution is -2.31. The van der Waals surface area contributed by atoms with Crippen LogP contribution >= 0.6 is 12.4 Å². The van der Waals surface area contributed by atoms with Gasteiger partial charge in [-0.3, -0.25) is 9.59 Å². The Labute approximate surface area is 192 Å². The van der Waals surface area contributed by atoms with Gasteiger partial charge in [0.25, 0.3) is 5.91 Å². The maximum absolute atomic E-state index is 12.8. The third-order valence-corrected chi connectivity index (χ3v) is 5.64. The van der Waals surface area contributed by atoms with E-state index in [1.54, 1.807) is 24.3 Å². The number of piperidine rings is 1. The summed E-state index contributed by atoms with van der Waals surface area (Å²) in [5.41, 5.74) is 2.42. The van der Waals surface area contributed by atoms with Gasteiger partial charge in [0.05, 0.1) is 6.04 Å². The molecule has 0 aliphatic carbocycles. The summed E-state index contributed by atoms with van der Waals surface area (Å²) in [5.74, 6) is -0.213. The highest BCUT2D eigenvalue weighted by molar-refractivity contribution is 5.95. The number of hydrogen-bond acceptors (Lipinski definition) is 3. The number of carbonyl (C=O) groups is 2. The van der Waals surface area contributed by atoms with E-state index in [0.717, 1.165) is 31.4 Å². The molecule has 2 amide bonds. The number of hydrogen-bond donors (Lipinski definition) is 2. The molecule has 3 rings (SSSR count). The van der Waals surface area contributed by atoms with Crippen molar-refractivity contribution in [3.05, 3.63) is 65.7 Å². The Morgan fingerprint density at radius 1 is 0.935 bits per heavy atom. The highest BCUT2D eigenvalue weighted by Crippen LogP contribution is 2.21. The molecule has 6 heteroatoms. The first-order valence-electron chi connectivity index (χ1n) is 11.1. The molecule has 2 aromatic rings. The largest absolute Gasteiger partial charge is 0.345 e. The van der Waals surface area contributed by atoms with E-state index in [1.807, 2.05) is 18.2 Å². The minimum absolute atomic E-state index is 0. The molecule has 0 aromatic heterocycles. The molecule has 1 aliphatic rings. The van der Waals surface area contributed by atoms with Gasteiger partial charge in [0.1, 0.15) is 0 Å². The van der Waals surface area contributed by atoms with Crippen LogP contribution in [0.4, 0.5) is 5.69 Å². The number of benzene rings is 2. The van der Waals surface area contributed by atoms with Crippen LogP contribution in [0.1, 0.15) is 67.4 Å². The summed E-state index contributed by atoms with van der Waals surface area (Å²) in [7, 11) is 0. The van der Waals surface area contributed by atoms with Crippen LogP contribution in [-0.4, -0.2) is 36.3 Å². The lowest BCUT2D eigenvalue weighted by atomic mass is 10.00. The van der Waals surface area contributed by atoms with E-state index in [-0.39, 0.29) is 30.3 Å². The SMILES string of the molecule is CC(=O)Nc1ccc(C(=O)NC(CCCCN2CCCCC2)c2ccccc2)cc1.Cl. The van der Waals surface area contributed by atoms with Crippen LogP contribution in [0.3, 0.4) is 0 Å². The van der Waals surface area contributed by atoms with Crippen LogP contribution in [0.2, 0.25) is 0 Å². The number of amides is 2. The average Bonchev–Trinajstić information content (AvgIpc) is 2.77. The molecule has 2 N–H and O–H groups in total. The first-order valence-corrected chi connectivity index (χ1v) is 11.1. The number of anilines is 1. The molecule has 0 radical (unpaired) electrons. The lowest BCUT2D eigenvalue weighted by molar-refractivity contribution is -0.114. The van der Waals surface area contributed by atoms with Crippen LogP contribution in [-0.2, 0) is 4.79 Å². The van der Waals surface area contributed by atoms with E-state index in [9.17, 15) is 9.59 Å². The molecule has 168 valence electrons. The molecule has 1 heterocycles. The second kappa shape index (κ2) is 13.1. The molecule has 1 atom stereocenters. The van der Waals surface area contributed by atoms with Crippen molar-refractivity contribution in [1.82, 2.24) is 10.2 Å². The zero-order chi connectivity index (χ0) is 21.2. The Bertz CT molecular complexity index is 805. The monoisotopic (exact) mass is 443 g/mol. The van der Waals surface area contributed by atoms with Crippen LogP contribution in [0.15, 0.2) is 54.6 Å². The van der Waals surface area contributed by atoms with Crippen molar-refractivity contribution in [3.8, 4) is 0 Å². The number of nitrogens with zero attached hydrogens (tertiary/aromatic N) is 1. The molecule has 31 heavy (non-hydrogen) atoms. The van der Waals surface area contributed by atoms with Gasteiger partial charge >= 0.3 is 0 Å². The maximum atomic E-state index is 12.8. The number of nitrogens with one attached hydrogen (secondary N) is 2. The highest BCUT2D eigenvalue weighted by atomic mass is 35.5. The Morgan fingerprint density at radius 3 is 2.26 bits per heavy atom. The van der Waals surface area contributed by atoms with E-state index < -0.39 is 0 Å². The van der Waals surface area contributed by atoms with E-state index >= 15 is 0 Å². The molecule has 1 unspecified atom stereocenters. The van der Waals surface area contributed by atoms with Crippen molar-refractivity contribution >= 4 is 29.9 Å². The van der Waals surface area contributed by atoms with Gasteiger partial charge in [-0.1, -0.05) is 36.8 Å². The summed E-state index contributed by atoms with van der Waals surface area (Å²) in [4.78, 5) is 26.6. The first kappa shape index (κ1) is 24.9. The van der Waals surface area contributed by atoms with Crippen molar-refractivity contribution in [3.63, 3.8) is 0 Å². The van der Waals surface area contributed by atoms with E-state index in [0.29, 0.717) is 11.3 Å². The Hall–Kier alpha value is -2.37. The standard InChI is InChI=1S/C25H33N3O2.ClH/c1-20(29)26-23-15-13-22(14-16-23)25(30)27-24(21-10-4-2-5-11-21)12-6-9-19-28-17-7-3-8-18-28;/h2,4-5,10-11,13-16,24H,3,6-9,12,17-19H2,1H3,(H,26,29)(H,27,30);1H. The summed E-state index contributed by atoms with van der Waals surface area (Å²) in [6.07, 6.45) is 7.17. The zero-order valence-corrected chi connectivity index (χ0v) is 19.1. The summed E-state index contributed by atoms with van der Waals surface area (Å²) < 4.78 is 0. The molecule has 5 nitrogen and oxygen atoms in total. The molecule has 0 spiro atoms. The lowest BCUT2D eigenvalue weighted by Gasteiger charge is -2.26. The number of rotatable bonds is 9. The van der Waals surface area contributed by atoms with Gasteiger partial charge in [-0.2, -0.15) is 0 Å². The topological polar surface area (TPSA) is 61.4 Å². The van der Waals surface area contributed by atoms with Gasteiger partial charge in [-0.05, 0) is 81.6 Å². The van der Waals surface area contributed by atoms with E-state index in [2.05, 4.69) is 27.7 Å². The van der Waals surface area contributed by atoms with Crippen LogP contribution < -0.4 is 10.6 Å². The molecule has 1 saturated heterocycles. The molecular weight excluding hydrogens is 410 g/mol. The fraction of sp³-hybridized carbons (Fsp3) is 0.440. The van der Waals surface area contributed by atoms with Crippen molar-refractivity contribution in [1.29, 1.82) is 0 Å². The molecular formula is C25H34ClN3O2. The Morgan fingerprint density at radius 2 is 1.61 bits per heavy atom. The number of unbranched alkanes of at least 4 members (excludes halogenated alkanes) is 1. The molecule has 0 saturated carbocycles. The van der Waals surface area contributed by atoms with Gasteiger partial charge < -0.3 is 15.5 Å². The van der Waals surface area contributed by atoms with Crippen molar-refractivity contribution in [2.24, 2.45) is 0 Å². The van der Waals surface area contributed by atoms with Crippen molar-refractivity contribution < 1.29 is 9.59 Å². The molecule has 1 aliphatic heterocycles. The summed E-state index contributed by atoms with van der Waals surface area (Å²) in [5, 5.41) is 5.93. The quantitative estimate of drug-likeness (QED) is 0.524. The number of likely N-dealkylation sites (tertiary alicyclic amines) is 1. The Kier molecular flexibility index (Phi) is 10.5. The van der Waals surface area contributed by atoms with Gasteiger partial charge in [-0.25, -0.2) is 0 Å².